The minimum Gasteiger partial charge on any atom is -0.489 e. The number of halogens is 1. The van der Waals surface area contributed by atoms with Gasteiger partial charge < -0.3 is 9.64 Å². The highest BCUT2D eigenvalue weighted by Gasteiger charge is 2.22. The fraction of sp³-hybridized carbons (Fsp3) is 0.250. The fourth-order valence-electron chi connectivity index (χ4n) is 1.86. The number of amides is 1. The second-order valence-corrected chi connectivity index (χ2v) is 6.96. The topological polar surface area (TPSA) is 76.6 Å². The first-order valence-corrected chi connectivity index (χ1v) is 8.80. The van der Waals surface area contributed by atoms with E-state index in [1.165, 1.54) is 42.4 Å². The number of nitrogens with zero attached hydrogens (tertiary/aromatic N) is 2. The van der Waals surface area contributed by atoms with Gasteiger partial charge >= 0.3 is 0 Å². The van der Waals surface area contributed by atoms with Crippen molar-refractivity contribution in [1.29, 1.82) is 0 Å². The Bertz CT molecular complexity index is 797. The van der Waals surface area contributed by atoms with Gasteiger partial charge in [0.2, 0.25) is 15.7 Å². The first-order chi connectivity index (χ1) is 11.4. The SMILES string of the molecule is CN(CCOc1ccccc1F)C(=O)CS(=O)(=O)c1ccccn1. The average Bonchev–Trinajstić information content (AvgIpc) is 2.57. The molecular formula is C16H17FN2O4S. The summed E-state index contributed by atoms with van der Waals surface area (Å²) < 4.78 is 42.8. The number of sulfone groups is 1. The molecule has 1 amide bonds. The summed E-state index contributed by atoms with van der Waals surface area (Å²) in [6, 6.07) is 10.4. The summed E-state index contributed by atoms with van der Waals surface area (Å²) in [4.78, 5) is 17.0. The number of hydrogen-bond acceptors (Lipinski definition) is 5. The minimum absolute atomic E-state index is 0.0484. The van der Waals surface area contributed by atoms with Gasteiger partial charge in [-0.3, -0.25) is 4.79 Å². The number of pyridine rings is 1. The average molecular weight is 352 g/mol. The van der Waals surface area contributed by atoms with Gasteiger partial charge in [0.1, 0.15) is 12.4 Å². The van der Waals surface area contributed by atoms with E-state index in [1.807, 2.05) is 0 Å². The van der Waals surface area contributed by atoms with Crippen LogP contribution in [0.5, 0.6) is 5.75 Å². The Morgan fingerprint density at radius 3 is 2.58 bits per heavy atom. The molecule has 2 aromatic rings. The van der Waals surface area contributed by atoms with Gasteiger partial charge in [-0.15, -0.1) is 0 Å². The summed E-state index contributed by atoms with van der Waals surface area (Å²) in [6.07, 6.45) is 1.35. The Labute approximate surface area is 139 Å². The Kier molecular flexibility index (Phi) is 5.86. The highest BCUT2D eigenvalue weighted by molar-refractivity contribution is 7.92. The quantitative estimate of drug-likeness (QED) is 0.755. The summed E-state index contributed by atoms with van der Waals surface area (Å²) in [5.74, 6) is -1.68. The molecule has 1 aromatic carbocycles. The molecule has 128 valence electrons. The zero-order valence-corrected chi connectivity index (χ0v) is 13.9. The predicted octanol–water partition coefficient (Wildman–Crippen LogP) is 1.53. The summed E-state index contributed by atoms with van der Waals surface area (Å²) in [5, 5.41) is -0.144. The lowest BCUT2D eigenvalue weighted by Crippen LogP contribution is -2.35. The van der Waals surface area contributed by atoms with Gasteiger partial charge in [-0.05, 0) is 24.3 Å². The maximum Gasteiger partial charge on any atom is 0.238 e. The van der Waals surface area contributed by atoms with Crippen LogP contribution in [0.3, 0.4) is 0 Å². The van der Waals surface area contributed by atoms with E-state index in [0.29, 0.717) is 0 Å². The number of benzene rings is 1. The summed E-state index contributed by atoms with van der Waals surface area (Å²) in [6.45, 7) is 0.178. The van der Waals surface area contributed by atoms with Crippen LogP contribution in [0.15, 0.2) is 53.7 Å². The molecule has 0 bridgehead atoms. The van der Waals surface area contributed by atoms with Crippen molar-refractivity contribution >= 4 is 15.7 Å². The molecule has 0 aliphatic carbocycles. The molecule has 0 radical (unpaired) electrons. The maximum absolute atomic E-state index is 13.4. The van der Waals surface area contributed by atoms with Crippen LogP contribution >= 0.6 is 0 Å². The smallest absolute Gasteiger partial charge is 0.238 e. The highest BCUT2D eigenvalue weighted by Crippen LogP contribution is 2.15. The largest absolute Gasteiger partial charge is 0.489 e. The third-order valence-electron chi connectivity index (χ3n) is 3.22. The first kappa shape index (κ1) is 17.9. The van der Waals surface area contributed by atoms with Gasteiger partial charge in [-0.2, -0.15) is 0 Å². The molecular weight excluding hydrogens is 335 g/mol. The third-order valence-corrected chi connectivity index (χ3v) is 4.72. The van der Waals surface area contributed by atoms with Crippen molar-refractivity contribution in [3.63, 3.8) is 0 Å². The number of para-hydroxylation sites is 1. The minimum atomic E-state index is -3.79. The lowest BCUT2D eigenvalue weighted by Gasteiger charge is -2.17. The summed E-state index contributed by atoms with van der Waals surface area (Å²) >= 11 is 0. The van der Waals surface area contributed by atoms with Crippen LogP contribution < -0.4 is 4.74 Å². The Balaban J connectivity index is 1.87. The standard InChI is InChI=1S/C16H17FN2O4S/c1-19(10-11-23-14-7-3-2-6-13(14)17)16(20)12-24(21,22)15-8-4-5-9-18-15/h2-9H,10-12H2,1H3. The van der Waals surface area contributed by atoms with E-state index in [1.54, 1.807) is 18.2 Å². The molecule has 0 unspecified atom stereocenters. The monoisotopic (exact) mass is 352 g/mol. The van der Waals surface area contributed by atoms with Crippen LogP contribution in [0.25, 0.3) is 0 Å². The van der Waals surface area contributed by atoms with Gasteiger partial charge in [0, 0.05) is 13.2 Å². The molecule has 0 aliphatic rings. The molecule has 6 nitrogen and oxygen atoms in total. The van der Waals surface area contributed by atoms with Gasteiger partial charge in [0.25, 0.3) is 0 Å². The summed E-state index contributed by atoms with van der Waals surface area (Å²) in [7, 11) is -2.33. The van der Waals surface area contributed by atoms with Crippen molar-refractivity contribution in [2.45, 2.75) is 5.03 Å². The molecule has 0 spiro atoms. The molecule has 8 heteroatoms. The van der Waals surface area contributed by atoms with Crippen molar-refractivity contribution in [3.05, 3.63) is 54.5 Å². The third kappa shape index (κ3) is 4.76. The van der Waals surface area contributed by atoms with Crippen molar-refractivity contribution in [3.8, 4) is 5.75 Å². The number of likely N-dealkylation sites (N-methyl/N-ethyl adjacent to an activating group) is 1. The van der Waals surface area contributed by atoms with Gasteiger partial charge in [0.15, 0.2) is 16.6 Å². The van der Waals surface area contributed by atoms with Crippen molar-refractivity contribution in [2.24, 2.45) is 0 Å². The van der Waals surface area contributed by atoms with E-state index in [4.69, 9.17) is 4.74 Å². The molecule has 0 saturated carbocycles. The first-order valence-electron chi connectivity index (χ1n) is 7.15. The molecule has 24 heavy (non-hydrogen) atoms. The number of rotatable bonds is 7. The van der Waals surface area contributed by atoms with E-state index in [2.05, 4.69) is 4.98 Å². The Hall–Kier alpha value is -2.48. The Morgan fingerprint density at radius 2 is 1.92 bits per heavy atom. The number of aromatic nitrogens is 1. The number of carbonyl (C=O) groups excluding carboxylic acids is 1. The van der Waals surface area contributed by atoms with Gasteiger partial charge in [-0.25, -0.2) is 17.8 Å². The molecule has 0 saturated heterocycles. The van der Waals surface area contributed by atoms with Gasteiger partial charge in [0.05, 0.1) is 6.54 Å². The molecule has 0 aliphatic heterocycles. The van der Waals surface area contributed by atoms with Crippen molar-refractivity contribution in [2.75, 3.05) is 26.0 Å². The molecule has 0 atom stereocenters. The molecule has 0 N–H and O–H groups in total. The molecule has 1 heterocycles. The number of ether oxygens (including phenoxy) is 1. The lowest BCUT2D eigenvalue weighted by molar-refractivity contribution is -0.127. The van der Waals surface area contributed by atoms with E-state index in [0.717, 1.165) is 0 Å². The molecule has 1 aromatic heterocycles. The molecule has 2 rings (SSSR count). The van der Waals surface area contributed by atoms with Crippen LogP contribution in [0.4, 0.5) is 4.39 Å². The Morgan fingerprint density at radius 1 is 1.21 bits per heavy atom. The van der Waals surface area contributed by atoms with Crippen LogP contribution in [-0.4, -0.2) is 50.2 Å². The molecule has 0 fully saturated rings. The fourth-order valence-corrected chi connectivity index (χ4v) is 3.06. The zero-order valence-electron chi connectivity index (χ0n) is 13.1. The zero-order chi connectivity index (χ0) is 17.6. The highest BCUT2D eigenvalue weighted by atomic mass is 32.2. The van der Waals surface area contributed by atoms with Crippen LogP contribution in [0.2, 0.25) is 0 Å². The predicted molar refractivity (Wildman–Crippen MR) is 85.8 cm³/mol. The van der Waals surface area contributed by atoms with E-state index >= 15 is 0 Å². The number of carbonyl (C=O) groups is 1. The van der Waals surface area contributed by atoms with Crippen molar-refractivity contribution < 1.29 is 22.3 Å². The van der Waals surface area contributed by atoms with E-state index in [-0.39, 0.29) is 23.9 Å². The van der Waals surface area contributed by atoms with Gasteiger partial charge in [-0.1, -0.05) is 18.2 Å². The maximum atomic E-state index is 13.4. The summed E-state index contributed by atoms with van der Waals surface area (Å²) in [5.41, 5.74) is 0. The lowest BCUT2D eigenvalue weighted by atomic mass is 10.3. The normalized spacial score (nSPS) is 11.1. The number of hydrogen-bond donors (Lipinski definition) is 0. The van der Waals surface area contributed by atoms with Crippen LogP contribution in [0, 0.1) is 5.82 Å². The van der Waals surface area contributed by atoms with Crippen molar-refractivity contribution in [1.82, 2.24) is 9.88 Å². The van der Waals surface area contributed by atoms with E-state index < -0.39 is 27.3 Å². The van der Waals surface area contributed by atoms with Crippen LogP contribution in [0.1, 0.15) is 0 Å². The van der Waals surface area contributed by atoms with E-state index in [9.17, 15) is 17.6 Å². The second-order valence-electron chi connectivity index (χ2n) is 5.02. The van der Waals surface area contributed by atoms with Crippen LogP contribution in [-0.2, 0) is 14.6 Å². The second kappa shape index (κ2) is 7.87.